The molecule has 5 aliphatic carbocycles. The van der Waals surface area contributed by atoms with Gasteiger partial charge < -0.3 is 14.6 Å². The van der Waals surface area contributed by atoms with Crippen molar-refractivity contribution in [2.24, 2.45) is 50.7 Å². The molecule has 2 spiro atoms. The van der Waals surface area contributed by atoms with E-state index in [9.17, 15) is 14.7 Å². The van der Waals surface area contributed by atoms with E-state index < -0.39 is 0 Å². The zero-order chi connectivity index (χ0) is 23.8. The first-order chi connectivity index (χ1) is 15.3. The third kappa shape index (κ3) is 2.39. The van der Waals surface area contributed by atoms with Crippen LogP contribution in [0.3, 0.4) is 0 Å². The summed E-state index contributed by atoms with van der Waals surface area (Å²) in [6.45, 7) is 13.1. The molecule has 1 heterocycles. The van der Waals surface area contributed by atoms with Crippen molar-refractivity contribution in [2.75, 3.05) is 0 Å². The zero-order valence-corrected chi connectivity index (χ0v) is 21.3. The van der Waals surface area contributed by atoms with E-state index in [-0.39, 0.29) is 69.2 Å². The second-order valence-corrected chi connectivity index (χ2v) is 14.0. The van der Waals surface area contributed by atoms with E-state index in [4.69, 9.17) is 9.47 Å². The maximum absolute atomic E-state index is 12.4. The summed E-state index contributed by atoms with van der Waals surface area (Å²) in [6, 6.07) is 0. The normalized spacial score (nSPS) is 58.0. The standard InChI is InChI=1S/C28H42O5/c1-15-11-22(31)33-17-12-25(5)19-8-7-18-24(3,4)20(30)9-10-27(18)14-28(19,27)13-21(32-16(2)29)26(25,6)23(15)17/h15,17-21,23,30H,7-14H2,1-6H3/t15-,17+,18+,19?,20+,21-,23+,25+,26-,27-,28+/m1/s1. The molecule has 6 rings (SSSR count). The Hall–Kier alpha value is -1.10. The Bertz CT molecular complexity index is 912. The van der Waals surface area contributed by atoms with Gasteiger partial charge in [-0.15, -0.1) is 0 Å². The lowest BCUT2D eigenvalue weighted by Crippen LogP contribution is -2.63. The van der Waals surface area contributed by atoms with Crippen LogP contribution in [0.1, 0.15) is 92.9 Å². The fraction of sp³-hybridized carbons (Fsp3) is 0.929. The van der Waals surface area contributed by atoms with Gasteiger partial charge >= 0.3 is 11.9 Å². The van der Waals surface area contributed by atoms with Crippen LogP contribution in [-0.4, -0.2) is 35.4 Å². The molecule has 11 atom stereocenters. The number of ether oxygens (including phenoxy) is 2. The van der Waals surface area contributed by atoms with E-state index in [0.29, 0.717) is 18.3 Å². The molecule has 1 aliphatic heterocycles. The van der Waals surface area contributed by atoms with Gasteiger partial charge in [-0.25, -0.2) is 0 Å². The molecular formula is C28H42O5. The Morgan fingerprint density at radius 3 is 2.45 bits per heavy atom. The second-order valence-electron chi connectivity index (χ2n) is 14.0. The second kappa shape index (κ2) is 6.36. The molecule has 6 aliphatic rings. The average molecular weight is 459 g/mol. The molecule has 1 saturated heterocycles. The maximum atomic E-state index is 12.4. The summed E-state index contributed by atoms with van der Waals surface area (Å²) in [5.41, 5.74) is 0.146. The molecule has 0 amide bonds. The third-order valence-electron chi connectivity index (χ3n) is 12.8. The molecule has 5 nitrogen and oxygen atoms in total. The van der Waals surface area contributed by atoms with Crippen molar-refractivity contribution in [2.45, 2.75) is 111 Å². The molecule has 184 valence electrons. The van der Waals surface area contributed by atoms with Gasteiger partial charge in [-0.2, -0.15) is 0 Å². The number of carbonyl (C=O) groups excluding carboxylic acids is 2. The Labute approximate surface area is 198 Å². The number of esters is 2. The summed E-state index contributed by atoms with van der Waals surface area (Å²) < 4.78 is 12.3. The Morgan fingerprint density at radius 2 is 1.76 bits per heavy atom. The van der Waals surface area contributed by atoms with Gasteiger partial charge in [0.1, 0.15) is 12.2 Å². The largest absolute Gasteiger partial charge is 0.462 e. The number of hydrogen-bond acceptors (Lipinski definition) is 5. The molecule has 0 aromatic rings. The predicted molar refractivity (Wildman–Crippen MR) is 123 cm³/mol. The molecular weight excluding hydrogens is 416 g/mol. The highest BCUT2D eigenvalue weighted by atomic mass is 16.6. The number of aliphatic hydroxyl groups is 1. The van der Waals surface area contributed by atoms with Crippen molar-refractivity contribution in [3.05, 3.63) is 0 Å². The van der Waals surface area contributed by atoms with Gasteiger partial charge in [0, 0.05) is 24.7 Å². The van der Waals surface area contributed by atoms with Gasteiger partial charge in [-0.3, -0.25) is 9.59 Å². The van der Waals surface area contributed by atoms with Crippen molar-refractivity contribution in [3.8, 4) is 0 Å². The fourth-order valence-corrected chi connectivity index (χ4v) is 11.5. The van der Waals surface area contributed by atoms with E-state index >= 15 is 0 Å². The van der Waals surface area contributed by atoms with Gasteiger partial charge in [0.15, 0.2) is 0 Å². The molecule has 0 radical (unpaired) electrons. The van der Waals surface area contributed by atoms with E-state index in [0.717, 1.165) is 25.7 Å². The lowest BCUT2D eigenvalue weighted by molar-refractivity contribution is -0.221. The van der Waals surface area contributed by atoms with Crippen LogP contribution < -0.4 is 0 Å². The van der Waals surface area contributed by atoms with Crippen LogP contribution in [0.15, 0.2) is 0 Å². The van der Waals surface area contributed by atoms with Crippen molar-refractivity contribution in [3.63, 3.8) is 0 Å². The minimum Gasteiger partial charge on any atom is -0.462 e. The number of rotatable bonds is 1. The molecule has 1 N–H and O–H groups in total. The van der Waals surface area contributed by atoms with Crippen molar-refractivity contribution in [1.29, 1.82) is 0 Å². The Kier molecular flexibility index (Phi) is 4.31. The van der Waals surface area contributed by atoms with Gasteiger partial charge in [0.05, 0.1) is 6.10 Å². The first kappa shape index (κ1) is 22.4. The van der Waals surface area contributed by atoms with Crippen LogP contribution in [0.4, 0.5) is 0 Å². The average Bonchev–Trinajstić information content (AvgIpc) is 3.28. The molecule has 0 aromatic carbocycles. The first-order valence-corrected chi connectivity index (χ1v) is 13.4. The lowest BCUT2D eigenvalue weighted by Gasteiger charge is -2.64. The summed E-state index contributed by atoms with van der Waals surface area (Å²) in [6.07, 6.45) is 7.38. The van der Waals surface area contributed by atoms with Crippen LogP contribution in [0, 0.1) is 50.7 Å². The summed E-state index contributed by atoms with van der Waals surface area (Å²) in [5, 5.41) is 10.9. The van der Waals surface area contributed by atoms with Crippen LogP contribution in [-0.2, 0) is 19.1 Å². The summed E-state index contributed by atoms with van der Waals surface area (Å²) in [7, 11) is 0. The van der Waals surface area contributed by atoms with Crippen molar-refractivity contribution < 1.29 is 24.2 Å². The Balaban J connectivity index is 1.47. The van der Waals surface area contributed by atoms with Crippen LogP contribution in [0.25, 0.3) is 0 Å². The smallest absolute Gasteiger partial charge is 0.306 e. The molecule has 0 bridgehead atoms. The third-order valence-corrected chi connectivity index (χ3v) is 12.8. The summed E-state index contributed by atoms with van der Waals surface area (Å²) >= 11 is 0. The number of fused-ring (bicyclic) bond motifs is 4. The molecule has 0 aromatic heterocycles. The van der Waals surface area contributed by atoms with Crippen LogP contribution in [0.2, 0.25) is 0 Å². The number of carbonyl (C=O) groups is 2. The zero-order valence-electron chi connectivity index (χ0n) is 21.3. The maximum Gasteiger partial charge on any atom is 0.306 e. The summed E-state index contributed by atoms with van der Waals surface area (Å²) in [5.74, 6) is 1.30. The topological polar surface area (TPSA) is 72.8 Å². The molecule has 5 heteroatoms. The highest BCUT2D eigenvalue weighted by Crippen LogP contribution is 2.89. The summed E-state index contributed by atoms with van der Waals surface area (Å²) in [4.78, 5) is 24.8. The Morgan fingerprint density at radius 1 is 1.06 bits per heavy atom. The van der Waals surface area contributed by atoms with Crippen molar-refractivity contribution >= 4 is 11.9 Å². The van der Waals surface area contributed by atoms with E-state index in [2.05, 4.69) is 34.6 Å². The highest BCUT2D eigenvalue weighted by Gasteiger charge is 2.85. The minimum atomic E-state index is -0.231. The minimum absolute atomic E-state index is 0.0335. The van der Waals surface area contributed by atoms with E-state index in [1.807, 2.05) is 0 Å². The quantitative estimate of drug-likeness (QED) is 0.567. The van der Waals surface area contributed by atoms with Crippen LogP contribution in [0.5, 0.6) is 0 Å². The molecule has 5 saturated carbocycles. The fourth-order valence-electron chi connectivity index (χ4n) is 11.5. The van der Waals surface area contributed by atoms with Gasteiger partial charge in [-0.05, 0) is 84.4 Å². The first-order valence-electron chi connectivity index (χ1n) is 13.4. The van der Waals surface area contributed by atoms with Gasteiger partial charge in [0.2, 0.25) is 0 Å². The van der Waals surface area contributed by atoms with Crippen molar-refractivity contribution in [1.82, 2.24) is 0 Å². The van der Waals surface area contributed by atoms with Gasteiger partial charge in [-0.1, -0.05) is 34.6 Å². The number of hydrogen-bond donors (Lipinski definition) is 1. The number of aliphatic hydroxyl groups excluding tert-OH is 1. The van der Waals surface area contributed by atoms with Crippen LogP contribution >= 0.6 is 0 Å². The van der Waals surface area contributed by atoms with E-state index in [1.54, 1.807) is 6.92 Å². The monoisotopic (exact) mass is 458 g/mol. The predicted octanol–water partition coefficient (Wildman–Crippen LogP) is 4.89. The molecule has 33 heavy (non-hydrogen) atoms. The lowest BCUT2D eigenvalue weighted by atomic mass is 9.41. The highest BCUT2D eigenvalue weighted by molar-refractivity contribution is 5.71. The molecule has 1 unspecified atom stereocenters. The SMILES string of the molecule is CC(=O)O[C@@H]1C[C@@]23C[C@@]24CC[C@H](O)C(C)(C)[C@@H]4CCC3[C@]2(C)C[C@@H]3OC(=O)C[C@@H](C)[C@@H]3[C@@]12C. The van der Waals surface area contributed by atoms with Gasteiger partial charge in [0.25, 0.3) is 0 Å². The van der Waals surface area contributed by atoms with E-state index in [1.165, 1.54) is 19.3 Å². The molecule has 6 fully saturated rings.